The second kappa shape index (κ2) is 25.9. The minimum Gasteiger partial charge on any atom is -0.379 e. The normalized spacial score (nSPS) is 12.5. The molecule has 0 bridgehead atoms. The second-order valence-corrected chi connectivity index (χ2v) is 8.70. The van der Waals surface area contributed by atoms with Gasteiger partial charge in [0.1, 0.15) is 0 Å². The van der Waals surface area contributed by atoms with E-state index in [1.165, 1.54) is 96.3 Å². The molecular formula is C26H53FO2. The van der Waals surface area contributed by atoms with Crippen molar-refractivity contribution in [3.8, 4) is 0 Å². The summed E-state index contributed by atoms with van der Waals surface area (Å²) in [5.41, 5.74) is 0. The molecule has 0 aromatic carbocycles. The Bertz CT molecular complexity index is 286. The van der Waals surface area contributed by atoms with Gasteiger partial charge in [-0.2, -0.15) is 0 Å². The molecule has 1 unspecified atom stereocenters. The largest absolute Gasteiger partial charge is 0.379 e. The third-order valence-electron chi connectivity index (χ3n) is 5.69. The molecule has 1 atom stereocenters. The molecule has 0 spiro atoms. The zero-order valence-corrected chi connectivity index (χ0v) is 20.0. The Hall–Kier alpha value is -0.150. The van der Waals surface area contributed by atoms with Crippen molar-refractivity contribution >= 4 is 0 Å². The lowest BCUT2D eigenvalue weighted by atomic mass is 10.0. The number of alkyl halides is 1. The fourth-order valence-corrected chi connectivity index (χ4v) is 3.74. The van der Waals surface area contributed by atoms with Gasteiger partial charge in [-0.1, -0.05) is 110 Å². The van der Waals surface area contributed by atoms with Crippen molar-refractivity contribution in [3.63, 3.8) is 0 Å². The third-order valence-corrected chi connectivity index (χ3v) is 5.69. The Kier molecular flexibility index (Phi) is 25.8. The van der Waals surface area contributed by atoms with E-state index in [0.717, 1.165) is 45.5 Å². The number of unbranched alkanes of at least 4 members (excludes halogenated alkanes) is 15. The summed E-state index contributed by atoms with van der Waals surface area (Å²) in [4.78, 5) is 0. The van der Waals surface area contributed by atoms with Crippen molar-refractivity contribution in [3.05, 3.63) is 0 Å². The molecule has 0 saturated carbocycles. The van der Waals surface area contributed by atoms with E-state index in [2.05, 4.69) is 13.8 Å². The summed E-state index contributed by atoms with van der Waals surface area (Å²) >= 11 is 0. The maximum atomic E-state index is 12.0. The zero-order chi connectivity index (χ0) is 21.3. The van der Waals surface area contributed by atoms with Gasteiger partial charge in [0, 0.05) is 13.2 Å². The van der Waals surface area contributed by atoms with Crippen LogP contribution in [0.15, 0.2) is 0 Å². The van der Waals surface area contributed by atoms with Gasteiger partial charge in [0.2, 0.25) is 0 Å². The van der Waals surface area contributed by atoms with Gasteiger partial charge in [-0.25, -0.2) is 0 Å². The molecule has 176 valence electrons. The molecule has 0 saturated heterocycles. The first-order valence-electron chi connectivity index (χ1n) is 13.1. The maximum absolute atomic E-state index is 12.0. The van der Waals surface area contributed by atoms with Crippen LogP contribution in [0.25, 0.3) is 0 Å². The number of rotatable bonds is 25. The van der Waals surface area contributed by atoms with Gasteiger partial charge in [-0.15, -0.1) is 0 Å². The molecule has 0 fully saturated rings. The molecule has 0 aromatic rings. The number of hydrogen-bond acceptors (Lipinski definition) is 2. The molecule has 0 N–H and O–H groups in total. The average molecular weight is 417 g/mol. The van der Waals surface area contributed by atoms with Crippen LogP contribution >= 0.6 is 0 Å². The lowest BCUT2D eigenvalue weighted by molar-refractivity contribution is -0.0223. The highest BCUT2D eigenvalue weighted by Gasteiger charge is 2.07. The van der Waals surface area contributed by atoms with Crippen molar-refractivity contribution in [1.29, 1.82) is 0 Å². The van der Waals surface area contributed by atoms with Gasteiger partial charge in [0.05, 0.1) is 19.4 Å². The molecule has 0 aliphatic heterocycles. The minimum atomic E-state index is -0.137. The lowest BCUT2D eigenvalue weighted by Crippen LogP contribution is -2.20. The van der Waals surface area contributed by atoms with E-state index in [1.807, 2.05) is 0 Å². The highest BCUT2D eigenvalue weighted by Crippen LogP contribution is 2.13. The SMILES string of the molecule is CCCCOC(CCC)COCCCCCCCCCCCCCCCCCF. The second-order valence-electron chi connectivity index (χ2n) is 8.70. The highest BCUT2D eigenvalue weighted by atomic mass is 19.1. The van der Waals surface area contributed by atoms with Gasteiger partial charge in [-0.3, -0.25) is 4.39 Å². The first kappa shape index (κ1) is 28.9. The van der Waals surface area contributed by atoms with Crippen LogP contribution in [-0.2, 0) is 9.47 Å². The van der Waals surface area contributed by atoms with Gasteiger partial charge in [0.15, 0.2) is 0 Å². The maximum Gasteiger partial charge on any atom is 0.0894 e. The van der Waals surface area contributed by atoms with Gasteiger partial charge < -0.3 is 9.47 Å². The van der Waals surface area contributed by atoms with E-state index >= 15 is 0 Å². The summed E-state index contributed by atoms with van der Waals surface area (Å²) < 4.78 is 23.7. The zero-order valence-electron chi connectivity index (χ0n) is 20.0. The van der Waals surface area contributed by atoms with E-state index in [-0.39, 0.29) is 6.67 Å². The first-order valence-corrected chi connectivity index (χ1v) is 13.1. The van der Waals surface area contributed by atoms with Crippen LogP contribution in [0.3, 0.4) is 0 Å². The number of ether oxygens (including phenoxy) is 2. The van der Waals surface area contributed by atoms with E-state index in [4.69, 9.17) is 9.47 Å². The van der Waals surface area contributed by atoms with Crippen LogP contribution < -0.4 is 0 Å². The lowest BCUT2D eigenvalue weighted by Gasteiger charge is -2.17. The van der Waals surface area contributed by atoms with E-state index in [1.54, 1.807) is 0 Å². The summed E-state index contributed by atoms with van der Waals surface area (Å²) in [6.07, 6.45) is 24.3. The first-order chi connectivity index (χ1) is 14.3. The van der Waals surface area contributed by atoms with Crippen LogP contribution in [0.1, 0.15) is 136 Å². The van der Waals surface area contributed by atoms with E-state index < -0.39 is 0 Å². The highest BCUT2D eigenvalue weighted by molar-refractivity contribution is 4.56. The number of hydrogen-bond donors (Lipinski definition) is 0. The molecular weight excluding hydrogens is 363 g/mol. The molecule has 3 heteroatoms. The molecule has 0 radical (unpaired) electrons. The Labute approximate surface area is 182 Å². The topological polar surface area (TPSA) is 18.5 Å². The quantitative estimate of drug-likeness (QED) is 0.138. The molecule has 0 aromatic heterocycles. The Morgan fingerprint density at radius 1 is 0.552 bits per heavy atom. The van der Waals surface area contributed by atoms with Crippen LogP contribution in [0.2, 0.25) is 0 Å². The Morgan fingerprint density at radius 2 is 1.03 bits per heavy atom. The molecule has 0 rings (SSSR count). The van der Waals surface area contributed by atoms with Gasteiger partial charge >= 0.3 is 0 Å². The van der Waals surface area contributed by atoms with Crippen LogP contribution in [0.5, 0.6) is 0 Å². The molecule has 0 aliphatic carbocycles. The summed E-state index contributed by atoms with van der Waals surface area (Å²) in [6.45, 7) is 6.83. The van der Waals surface area contributed by atoms with E-state index in [9.17, 15) is 4.39 Å². The summed E-state index contributed by atoms with van der Waals surface area (Å²) in [5.74, 6) is 0. The van der Waals surface area contributed by atoms with E-state index in [0.29, 0.717) is 6.10 Å². The predicted molar refractivity (Wildman–Crippen MR) is 126 cm³/mol. The molecule has 2 nitrogen and oxygen atoms in total. The average Bonchev–Trinajstić information content (AvgIpc) is 2.73. The van der Waals surface area contributed by atoms with Crippen molar-refractivity contribution in [2.45, 2.75) is 142 Å². The fraction of sp³-hybridized carbons (Fsp3) is 1.00. The Balaban J connectivity index is 3.21. The molecule has 0 amide bonds. The van der Waals surface area contributed by atoms with Crippen molar-refractivity contribution in [2.75, 3.05) is 26.5 Å². The van der Waals surface area contributed by atoms with Crippen LogP contribution in [-0.4, -0.2) is 32.6 Å². The summed E-state index contributed by atoms with van der Waals surface area (Å²) in [6, 6.07) is 0. The third kappa shape index (κ3) is 24.0. The smallest absolute Gasteiger partial charge is 0.0894 e. The summed E-state index contributed by atoms with van der Waals surface area (Å²) in [5, 5.41) is 0. The standard InChI is InChI=1S/C26H53FO2/c1-3-5-24-29-26(21-4-2)25-28-23-20-18-16-14-12-10-8-6-7-9-11-13-15-17-19-22-27/h26H,3-25H2,1-2H3. The molecule has 0 heterocycles. The monoisotopic (exact) mass is 416 g/mol. The molecule has 29 heavy (non-hydrogen) atoms. The minimum absolute atomic E-state index is 0.137. The van der Waals surface area contributed by atoms with Gasteiger partial charge in [0.25, 0.3) is 0 Å². The summed E-state index contributed by atoms with van der Waals surface area (Å²) in [7, 11) is 0. The molecule has 0 aliphatic rings. The van der Waals surface area contributed by atoms with Crippen LogP contribution in [0, 0.1) is 0 Å². The van der Waals surface area contributed by atoms with Gasteiger partial charge in [-0.05, 0) is 25.7 Å². The fourth-order valence-electron chi connectivity index (χ4n) is 3.74. The number of halogens is 1. The van der Waals surface area contributed by atoms with Crippen molar-refractivity contribution < 1.29 is 13.9 Å². The van der Waals surface area contributed by atoms with Crippen molar-refractivity contribution in [1.82, 2.24) is 0 Å². The van der Waals surface area contributed by atoms with Crippen LogP contribution in [0.4, 0.5) is 4.39 Å². The predicted octanol–water partition coefficient (Wildman–Crippen LogP) is 8.81. The Morgan fingerprint density at radius 3 is 1.48 bits per heavy atom. The van der Waals surface area contributed by atoms with Crippen molar-refractivity contribution in [2.24, 2.45) is 0 Å².